The molecule has 0 spiro atoms. The van der Waals surface area contributed by atoms with Crippen LogP contribution in [0.1, 0.15) is 11.1 Å². The van der Waals surface area contributed by atoms with E-state index in [1.165, 1.54) is 12.1 Å². The number of ether oxygens (including phenoxy) is 1. The lowest BCUT2D eigenvalue weighted by molar-refractivity contribution is -0.384. The minimum atomic E-state index is -0.460. The lowest BCUT2D eigenvalue weighted by Crippen LogP contribution is -2.00. The van der Waals surface area contributed by atoms with Crippen molar-refractivity contribution in [2.45, 2.75) is 13.5 Å². The topological polar surface area (TPSA) is 78.4 Å². The van der Waals surface area contributed by atoms with E-state index in [1.807, 2.05) is 6.92 Å². The largest absolute Gasteiger partial charge is 0.456 e. The number of hydrogen-bond acceptors (Lipinski definition) is 4. The minimum absolute atomic E-state index is 0.0196. The summed E-state index contributed by atoms with van der Waals surface area (Å²) < 4.78 is 5.73. The quantitative estimate of drug-likeness (QED) is 0.686. The van der Waals surface area contributed by atoms with Gasteiger partial charge in [-0.3, -0.25) is 10.1 Å². The summed E-state index contributed by atoms with van der Waals surface area (Å²) in [6.45, 7) is 2.08. The molecule has 2 rings (SSSR count). The smallest absolute Gasteiger partial charge is 0.273 e. The molecule has 0 aliphatic rings. The summed E-state index contributed by atoms with van der Waals surface area (Å²) in [7, 11) is 0. The normalized spacial score (nSPS) is 10.3. The molecule has 0 saturated heterocycles. The lowest BCUT2D eigenvalue weighted by atomic mass is 10.2. The third-order valence-corrected chi connectivity index (χ3v) is 3.08. The van der Waals surface area contributed by atoms with Gasteiger partial charge in [-0.15, -0.1) is 0 Å². The Labute approximate surface area is 121 Å². The van der Waals surface area contributed by atoms with E-state index in [0.717, 1.165) is 11.1 Å². The molecule has 2 N–H and O–H groups in total. The number of nitro benzene ring substituents is 1. The number of hydrogen-bond donors (Lipinski definition) is 1. The van der Waals surface area contributed by atoms with E-state index in [-0.39, 0.29) is 12.2 Å². The molecule has 0 saturated carbocycles. The van der Waals surface area contributed by atoms with Gasteiger partial charge in [0, 0.05) is 23.2 Å². The Balaban J connectivity index is 2.39. The van der Waals surface area contributed by atoms with E-state index < -0.39 is 4.92 Å². The van der Waals surface area contributed by atoms with Crippen molar-refractivity contribution in [3.8, 4) is 11.5 Å². The van der Waals surface area contributed by atoms with Gasteiger partial charge in [-0.25, -0.2) is 0 Å². The zero-order valence-corrected chi connectivity index (χ0v) is 11.6. The Kier molecular flexibility index (Phi) is 4.22. The molecule has 0 radical (unpaired) electrons. The average molecular weight is 293 g/mol. The first kappa shape index (κ1) is 14.3. The molecule has 20 heavy (non-hydrogen) atoms. The van der Waals surface area contributed by atoms with Gasteiger partial charge < -0.3 is 10.5 Å². The summed E-state index contributed by atoms with van der Waals surface area (Å²) in [6, 6.07) is 9.57. The van der Waals surface area contributed by atoms with Crippen LogP contribution in [0.3, 0.4) is 0 Å². The van der Waals surface area contributed by atoms with Gasteiger partial charge in [0.05, 0.1) is 11.0 Å². The summed E-state index contributed by atoms with van der Waals surface area (Å²) in [5.74, 6) is 0.969. The van der Waals surface area contributed by atoms with Crippen LogP contribution in [-0.4, -0.2) is 4.92 Å². The Hall–Kier alpha value is -2.11. The third-order valence-electron chi connectivity index (χ3n) is 2.84. The SMILES string of the molecule is Cc1ccc([N+](=O)[O-])cc1Oc1ccc(Cl)cc1CN. The van der Waals surface area contributed by atoms with Crippen LogP contribution in [0, 0.1) is 17.0 Å². The van der Waals surface area contributed by atoms with E-state index in [2.05, 4.69) is 0 Å². The molecule has 6 heteroatoms. The average Bonchev–Trinajstić information content (AvgIpc) is 2.42. The van der Waals surface area contributed by atoms with Gasteiger partial charge in [-0.1, -0.05) is 11.6 Å². The number of non-ortho nitro benzene ring substituents is 1. The van der Waals surface area contributed by atoms with Crippen molar-refractivity contribution < 1.29 is 9.66 Å². The van der Waals surface area contributed by atoms with Crippen molar-refractivity contribution in [3.63, 3.8) is 0 Å². The van der Waals surface area contributed by atoms with E-state index in [4.69, 9.17) is 22.1 Å². The maximum atomic E-state index is 10.8. The van der Waals surface area contributed by atoms with Crippen LogP contribution < -0.4 is 10.5 Å². The molecule has 0 amide bonds. The molecule has 0 unspecified atom stereocenters. The Morgan fingerprint density at radius 1 is 1.25 bits per heavy atom. The molecule has 2 aromatic carbocycles. The van der Waals surface area contributed by atoms with Gasteiger partial charge in [0.1, 0.15) is 11.5 Å². The first-order valence-electron chi connectivity index (χ1n) is 5.92. The number of halogens is 1. The van der Waals surface area contributed by atoms with E-state index in [9.17, 15) is 10.1 Å². The molecule has 0 aromatic heterocycles. The predicted molar refractivity (Wildman–Crippen MR) is 77.3 cm³/mol. The fraction of sp³-hybridized carbons (Fsp3) is 0.143. The highest BCUT2D eigenvalue weighted by Crippen LogP contribution is 2.31. The monoisotopic (exact) mass is 292 g/mol. The molecule has 0 atom stereocenters. The summed E-state index contributed by atoms with van der Waals surface area (Å²) >= 11 is 5.90. The van der Waals surface area contributed by atoms with Crippen molar-refractivity contribution >= 4 is 17.3 Å². The Morgan fingerprint density at radius 2 is 2.00 bits per heavy atom. The molecule has 2 aromatic rings. The minimum Gasteiger partial charge on any atom is -0.456 e. The van der Waals surface area contributed by atoms with E-state index >= 15 is 0 Å². The fourth-order valence-corrected chi connectivity index (χ4v) is 1.93. The van der Waals surface area contributed by atoms with Crippen LogP contribution in [0.25, 0.3) is 0 Å². The second kappa shape index (κ2) is 5.90. The number of aryl methyl sites for hydroxylation is 1. The molecule has 0 aliphatic heterocycles. The van der Waals surface area contributed by atoms with E-state index in [0.29, 0.717) is 16.5 Å². The van der Waals surface area contributed by atoms with Crippen LogP contribution in [0.5, 0.6) is 11.5 Å². The Bertz CT molecular complexity index is 659. The lowest BCUT2D eigenvalue weighted by Gasteiger charge is -2.12. The zero-order chi connectivity index (χ0) is 14.7. The second-order valence-corrected chi connectivity index (χ2v) is 4.70. The molecule has 104 valence electrons. The van der Waals surface area contributed by atoms with Gasteiger partial charge in [-0.2, -0.15) is 0 Å². The van der Waals surface area contributed by atoms with E-state index in [1.54, 1.807) is 24.3 Å². The molecular weight excluding hydrogens is 280 g/mol. The third kappa shape index (κ3) is 3.07. The van der Waals surface area contributed by atoms with Crippen LogP contribution in [0.15, 0.2) is 36.4 Å². The molecular formula is C14H13ClN2O3. The summed E-state index contributed by atoms with van der Waals surface area (Å²) in [5.41, 5.74) is 7.16. The number of rotatable bonds is 4. The molecule has 0 fully saturated rings. The highest BCUT2D eigenvalue weighted by molar-refractivity contribution is 6.30. The van der Waals surface area contributed by atoms with Gasteiger partial charge in [-0.05, 0) is 36.8 Å². The number of benzene rings is 2. The maximum absolute atomic E-state index is 10.8. The second-order valence-electron chi connectivity index (χ2n) is 4.27. The van der Waals surface area contributed by atoms with Crippen molar-refractivity contribution in [2.75, 3.05) is 0 Å². The maximum Gasteiger partial charge on any atom is 0.273 e. The summed E-state index contributed by atoms with van der Waals surface area (Å²) in [4.78, 5) is 10.3. The highest BCUT2D eigenvalue weighted by Gasteiger charge is 2.12. The van der Waals surface area contributed by atoms with Crippen LogP contribution in [0.2, 0.25) is 5.02 Å². The Morgan fingerprint density at radius 3 is 2.65 bits per heavy atom. The predicted octanol–water partition coefficient (Wildman–Crippen LogP) is 3.81. The number of nitrogens with two attached hydrogens (primary N) is 1. The van der Waals surface area contributed by atoms with Crippen LogP contribution in [0.4, 0.5) is 5.69 Å². The molecule has 0 heterocycles. The standard InChI is InChI=1S/C14H13ClN2O3/c1-9-2-4-12(17(18)19)7-14(9)20-13-5-3-11(15)6-10(13)8-16/h2-7H,8,16H2,1H3. The summed E-state index contributed by atoms with van der Waals surface area (Å²) in [5, 5.41) is 11.4. The molecule has 0 bridgehead atoms. The highest BCUT2D eigenvalue weighted by atomic mass is 35.5. The van der Waals surface area contributed by atoms with Crippen molar-refractivity contribution in [1.29, 1.82) is 0 Å². The summed E-state index contributed by atoms with van der Waals surface area (Å²) in [6.07, 6.45) is 0. The van der Waals surface area contributed by atoms with Crippen molar-refractivity contribution in [3.05, 3.63) is 62.7 Å². The zero-order valence-electron chi connectivity index (χ0n) is 10.8. The first-order chi connectivity index (χ1) is 9.51. The first-order valence-corrected chi connectivity index (χ1v) is 6.30. The molecule has 0 aliphatic carbocycles. The van der Waals surface area contributed by atoms with Crippen molar-refractivity contribution in [1.82, 2.24) is 0 Å². The number of nitro groups is 1. The van der Waals surface area contributed by atoms with Gasteiger partial charge in [0.2, 0.25) is 0 Å². The molecule has 5 nitrogen and oxygen atoms in total. The van der Waals surface area contributed by atoms with Crippen LogP contribution >= 0.6 is 11.6 Å². The van der Waals surface area contributed by atoms with Crippen molar-refractivity contribution in [2.24, 2.45) is 5.73 Å². The van der Waals surface area contributed by atoms with Gasteiger partial charge in [0.15, 0.2) is 0 Å². The van der Waals surface area contributed by atoms with Gasteiger partial charge >= 0.3 is 0 Å². The fourth-order valence-electron chi connectivity index (χ4n) is 1.74. The van der Waals surface area contributed by atoms with Crippen LogP contribution in [-0.2, 0) is 6.54 Å². The van der Waals surface area contributed by atoms with Gasteiger partial charge in [0.25, 0.3) is 5.69 Å². The number of nitrogens with zero attached hydrogens (tertiary/aromatic N) is 1.